The third-order valence-corrected chi connectivity index (χ3v) is 2.63. The maximum absolute atomic E-state index is 8.43. The lowest BCUT2D eigenvalue weighted by molar-refractivity contribution is 0.240. The molecule has 1 aliphatic carbocycles. The highest BCUT2D eigenvalue weighted by Gasteiger charge is 2.11. The largest absolute Gasteiger partial charge is 0.290 e. The monoisotopic (exact) mass is 190 g/mol. The first-order valence-electron chi connectivity index (χ1n) is 4.95. The van der Waals surface area contributed by atoms with E-state index in [0.29, 0.717) is 0 Å². The third-order valence-electron chi connectivity index (χ3n) is 2.63. The van der Waals surface area contributed by atoms with E-state index in [0.717, 1.165) is 18.5 Å². The van der Waals surface area contributed by atoms with Crippen LogP contribution in [0.15, 0.2) is 23.2 Å². The van der Waals surface area contributed by atoms with E-state index in [4.69, 9.17) is 5.21 Å². The minimum atomic E-state index is 0.976. The predicted octanol–water partition coefficient (Wildman–Crippen LogP) is 2.20. The van der Waals surface area contributed by atoms with Gasteiger partial charge in [-0.2, -0.15) is 0 Å². The van der Waals surface area contributed by atoms with Crippen molar-refractivity contribution in [2.24, 2.45) is 4.99 Å². The van der Waals surface area contributed by atoms with Gasteiger partial charge in [-0.15, -0.1) is 0 Å². The number of benzene rings is 1. The fraction of sp³-hybridized carbons (Fsp3) is 0.364. The average molecular weight is 190 g/mol. The molecule has 0 atom stereocenters. The smallest absolute Gasteiger partial charge is 0.113 e. The van der Waals surface area contributed by atoms with Gasteiger partial charge in [0.2, 0.25) is 0 Å². The molecule has 0 aromatic heterocycles. The van der Waals surface area contributed by atoms with Crippen LogP contribution < -0.4 is 5.48 Å². The molecule has 3 nitrogen and oxygen atoms in total. The molecule has 2 rings (SSSR count). The van der Waals surface area contributed by atoms with E-state index in [1.54, 1.807) is 0 Å². The van der Waals surface area contributed by atoms with Crippen molar-refractivity contribution in [3.63, 3.8) is 0 Å². The number of hydrogen-bond acceptors (Lipinski definition) is 2. The minimum absolute atomic E-state index is 0.976. The normalized spacial score (nSPS) is 15.5. The molecule has 0 aliphatic heterocycles. The lowest BCUT2D eigenvalue weighted by Gasteiger charge is -2.16. The first kappa shape index (κ1) is 9.21. The van der Waals surface area contributed by atoms with Crippen LogP contribution in [0.1, 0.15) is 24.0 Å². The zero-order valence-corrected chi connectivity index (χ0v) is 8.03. The summed E-state index contributed by atoms with van der Waals surface area (Å²) in [6.45, 7) is 0. The lowest BCUT2D eigenvalue weighted by atomic mass is 9.91. The fourth-order valence-electron chi connectivity index (χ4n) is 1.98. The Balaban J connectivity index is 2.35. The quantitative estimate of drug-likeness (QED) is 0.426. The van der Waals surface area contributed by atoms with Crippen molar-refractivity contribution in [3.05, 3.63) is 29.3 Å². The first-order chi connectivity index (χ1) is 6.92. The van der Waals surface area contributed by atoms with Crippen molar-refractivity contribution < 1.29 is 5.21 Å². The van der Waals surface area contributed by atoms with Crippen LogP contribution in [-0.4, -0.2) is 11.5 Å². The maximum atomic E-state index is 8.43. The van der Waals surface area contributed by atoms with Gasteiger partial charge in [-0.05, 0) is 42.9 Å². The van der Waals surface area contributed by atoms with Gasteiger partial charge in [0.25, 0.3) is 0 Å². The number of hydrogen-bond donors (Lipinski definition) is 2. The standard InChI is InChI=1S/C11H14N2O/c14-13-8-12-11-7-3-5-9-4-1-2-6-10(9)11/h3,5,7-8,14H,1-2,4,6H2,(H,12,13). The van der Waals surface area contributed by atoms with Crippen LogP contribution in [0.5, 0.6) is 0 Å². The highest BCUT2D eigenvalue weighted by molar-refractivity contribution is 5.63. The summed E-state index contributed by atoms with van der Waals surface area (Å²) in [4.78, 5) is 4.15. The molecular formula is C11H14N2O. The van der Waals surface area contributed by atoms with E-state index in [2.05, 4.69) is 11.1 Å². The summed E-state index contributed by atoms with van der Waals surface area (Å²) in [5.41, 5.74) is 5.65. The van der Waals surface area contributed by atoms with Gasteiger partial charge in [0.15, 0.2) is 0 Å². The van der Waals surface area contributed by atoms with Gasteiger partial charge >= 0.3 is 0 Å². The van der Waals surface area contributed by atoms with Crippen LogP contribution in [0.25, 0.3) is 0 Å². The molecule has 74 valence electrons. The molecule has 1 aliphatic rings. The zero-order valence-electron chi connectivity index (χ0n) is 8.03. The van der Waals surface area contributed by atoms with E-state index in [1.165, 1.54) is 30.3 Å². The number of rotatable bonds is 2. The summed E-state index contributed by atoms with van der Waals surface area (Å²) in [6, 6.07) is 6.17. The highest BCUT2D eigenvalue weighted by atomic mass is 16.5. The van der Waals surface area contributed by atoms with Crippen LogP contribution in [0.3, 0.4) is 0 Å². The van der Waals surface area contributed by atoms with Gasteiger partial charge < -0.3 is 0 Å². The Morgan fingerprint density at radius 2 is 2.14 bits per heavy atom. The maximum Gasteiger partial charge on any atom is 0.113 e. The minimum Gasteiger partial charge on any atom is -0.290 e. The molecular weight excluding hydrogens is 176 g/mol. The van der Waals surface area contributed by atoms with Crippen molar-refractivity contribution in [2.75, 3.05) is 0 Å². The molecule has 0 unspecified atom stereocenters. The van der Waals surface area contributed by atoms with Gasteiger partial charge in [-0.3, -0.25) is 10.7 Å². The van der Waals surface area contributed by atoms with Crippen molar-refractivity contribution in [1.29, 1.82) is 0 Å². The molecule has 1 aromatic rings. The molecule has 0 bridgehead atoms. The Morgan fingerprint density at radius 3 is 3.00 bits per heavy atom. The van der Waals surface area contributed by atoms with Crippen LogP contribution >= 0.6 is 0 Å². The van der Waals surface area contributed by atoms with Crippen LogP contribution in [0, 0.1) is 0 Å². The number of hydroxylamine groups is 1. The van der Waals surface area contributed by atoms with Crippen molar-refractivity contribution >= 4 is 12.0 Å². The number of nitrogens with zero attached hydrogens (tertiary/aromatic N) is 1. The zero-order chi connectivity index (χ0) is 9.80. The predicted molar refractivity (Wildman–Crippen MR) is 56.2 cm³/mol. The fourth-order valence-corrected chi connectivity index (χ4v) is 1.98. The van der Waals surface area contributed by atoms with Gasteiger partial charge in [0, 0.05) is 0 Å². The molecule has 0 radical (unpaired) electrons. The first-order valence-corrected chi connectivity index (χ1v) is 4.95. The van der Waals surface area contributed by atoms with Crippen molar-refractivity contribution in [2.45, 2.75) is 25.7 Å². The summed E-state index contributed by atoms with van der Waals surface area (Å²) in [6.07, 6.45) is 6.09. The second-order valence-corrected chi connectivity index (χ2v) is 3.51. The number of aliphatic imine (C=N–C) groups is 1. The Hall–Kier alpha value is -1.35. The highest BCUT2D eigenvalue weighted by Crippen LogP contribution is 2.29. The topological polar surface area (TPSA) is 44.6 Å². The summed E-state index contributed by atoms with van der Waals surface area (Å²) in [7, 11) is 0. The average Bonchev–Trinajstić information content (AvgIpc) is 2.26. The molecule has 14 heavy (non-hydrogen) atoms. The summed E-state index contributed by atoms with van der Waals surface area (Å²) >= 11 is 0. The van der Waals surface area contributed by atoms with Gasteiger partial charge in [-0.1, -0.05) is 12.1 Å². The van der Waals surface area contributed by atoms with E-state index in [1.807, 2.05) is 17.6 Å². The molecule has 0 amide bonds. The van der Waals surface area contributed by atoms with Crippen LogP contribution in [0.2, 0.25) is 0 Å². The van der Waals surface area contributed by atoms with E-state index < -0.39 is 0 Å². The molecule has 0 saturated heterocycles. The molecule has 0 fully saturated rings. The Kier molecular flexibility index (Phi) is 2.79. The second kappa shape index (κ2) is 4.24. The molecule has 0 saturated carbocycles. The summed E-state index contributed by atoms with van der Waals surface area (Å²) in [5, 5.41) is 8.43. The van der Waals surface area contributed by atoms with Crippen molar-refractivity contribution in [1.82, 2.24) is 5.48 Å². The van der Waals surface area contributed by atoms with Crippen molar-refractivity contribution in [3.8, 4) is 0 Å². The lowest BCUT2D eigenvalue weighted by Crippen LogP contribution is -2.04. The van der Waals surface area contributed by atoms with E-state index >= 15 is 0 Å². The Labute approximate surface area is 83.4 Å². The molecule has 3 heteroatoms. The molecule has 2 N–H and O–H groups in total. The Morgan fingerprint density at radius 1 is 1.29 bits per heavy atom. The van der Waals surface area contributed by atoms with Crippen LogP contribution in [0.4, 0.5) is 5.69 Å². The Bertz CT molecular complexity index is 347. The van der Waals surface area contributed by atoms with E-state index in [9.17, 15) is 0 Å². The van der Waals surface area contributed by atoms with Crippen LogP contribution in [-0.2, 0) is 12.8 Å². The van der Waals surface area contributed by atoms with E-state index in [-0.39, 0.29) is 0 Å². The van der Waals surface area contributed by atoms with Gasteiger partial charge in [0.05, 0.1) is 5.69 Å². The number of nitrogens with one attached hydrogen (secondary N) is 1. The summed E-state index contributed by atoms with van der Waals surface area (Å²) in [5.74, 6) is 0. The number of aryl methyl sites for hydroxylation is 1. The van der Waals surface area contributed by atoms with Gasteiger partial charge in [0.1, 0.15) is 6.34 Å². The molecule has 0 heterocycles. The number of fused-ring (bicyclic) bond motifs is 1. The molecule has 1 aromatic carbocycles. The van der Waals surface area contributed by atoms with Gasteiger partial charge in [-0.25, -0.2) is 4.99 Å². The molecule has 0 spiro atoms. The summed E-state index contributed by atoms with van der Waals surface area (Å²) < 4.78 is 0. The third kappa shape index (κ3) is 1.77. The second-order valence-electron chi connectivity index (χ2n) is 3.51. The SMILES string of the molecule is ONC=Nc1cccc2c1CCCC2.